The van der Waals surface area contributed by atoms with Gasteiger partial charge in [0, 0.05) is 12.0 Å². The lowest BCUT2D eigenvalue weighted by molar-refractivity contribution is -0.106. The maximum atomic E-state index is 11.2. The highest BCUT2D eigenvalue weighted by Gasteiger charge is 2.37. The van der Waals surface area contributed by atoms with E-state index >= 15 is 0 Å². The number of hydrogen-bond donors (Lipinski definition) is 3. The Hall–Kier alpha value is -1.59. The smallest absolute Gasteiger partial charge is 0.323 e. The lowest BCUT2D eigenvalue weighted by atomic mass is 9.80. The van der Waals surface area contributed by atoms with Gasteiger partial charge in [-0.25, -0.2) is 4.79 Å². The van der Waals surface area contributed by atoms with Crippen molar-refractivity contribution in [2.75, 3.05) is 19.8 Å². The second kappa shape index (κ2) is 3.72. The van der Waals surface area contributed by atoms with Crippen LogP contribution in [0.4, 0.5) is 0 Å². The number of nitrogens with one attached hydrogen (secondary N) is 2. The minimum absolute atomic E-state index is 0.0876. The van der Waals surface area contributed by atoms with E-state index in [1.807, 2.05) is 18.2 Å². The van der Waals surface area contributed by atoms with Crippen molar-refractivity contribution >= 4 is 11.0 Å². The van der Waals surface area contributed by atoms with E-state index in [-0.39, 0.29) is 11.1 Å². The fourth-order valence-corrected chi connectivity index (χ4v) is 2.31. The molecule has 3 rings (SSSR count). The number of fused-ring (bicyclic) bond motifs is 1. The van der Waals surface area contributed by atoms with E-state index in [1.165, 1.54) is 5.56 Å². The van der Waals surface area contributed by atoms with Gasteiger partial charge in [-0.05, 0) is 24.1 Å². The zero-order valence-corrected chi connectivity index (χ0v) is 9.45. The van der Waals surface area contributed by atoms with Crippen molar-refractivity contribution in [3.8, 4) is 0 Å². The van der Waals surface area contributed by atoms with Crippen molar-refractivity contribution in [1.82, 2.24) is 9.97 Å². The van der Waals surface area contributed by atoms with Crippen LogP contribution in [0.5, 0.6) is 0 Å². The van der Waals surface area contributed by atoms with Crippen LogP contribution in [-0.2, 0) is 11.2 Å². The van der Waals surface area contributed by atoms with Crippen molar-refractivity contribution < 1.29 is 4.74 Å². The van der Waals surface area contributed by atoms with E-state index in [0.29, 0.717) is 6.54 Å². The number of imidazole rings is 1. The Morgan fingerprint density at radius 1 is 1.29 bits per heavy atom. The molecule has 0 bridgehead atoms. The fraction of sp³-hybridized carbons (Fsp3) is 0.417. The molecule has 2 heterocycles. The van der Waals surface area contributed by atoms with Crippen LogP contribution in [0.2, 0.25) is 0 Å². The average molecular weight is 233 g/mol. The Morgan fingerprint density at radius 2 is 2.06 bits per heavy atom. The van der Waals surface area contributed by atoms with Crippen LogP contribution in [0.15, 0.2) is 23.0 Å². The van der Waals surface area contributed by atoms with Crippen LogP contribution >= 0.6 is 0 Å². The van der Waals surface area contributed by atoms with E-state index < -0.39 is 0 Å². The van der Waals surface area contributed by atoms with Gasteiger partial charge in [0.15, 0.2) is 0 Å². The molecule has 5 heteroatoms. The van der Waals surface area contributed by atoms with Gasteiger partial charge in [-0.3, -0.25) is 0 Å². The van der Waals surface area contributed by atoms with Gasteiger partial charge in [-0.1, -0.05) is 6.07 Å². The fourth-order valence-electron chi connectivity index (χ4n) is 2.31. The highest BCUT2D eigenvalue weighted by Crippen LogP contribution is 2.30. The third-order valence-electron chi connectivity index (χ3n) is 3.41. The second-order valence-electron chi connectivity index (χ2n) is 4.83. The summed E-state index contributed by atoms with van der Waals surface area (Å²) in [5, 5.41) is 0. The second-order valence-corrected chi connectivity index (χ2v) is 4.83. The van der Waals surface area contributed by atoms with Gasteiger partial charge in [0.2, 0.25) is 0 Å². The summed E-state index contributed by atoms with van der Waals surface area (Å²) in [6.07, 6.45) is 0.895. The Balaban J connectivity index is 1.92. The van der Waals surface area contributed by atoms with Crippen LogP contribution in [0.3, 0.4) is 0 Å². The molecule has 0 saturated carbocycles. The molecule has 1 aliphatic rings. The van der Waals surface area contributed by atoms with Crippen molar-refractivity contribution in [3.63, 3.8) is 0 Å². The zero-order chi connectivity index (χ0) is 11.9. The first kappa shape index (κ1) is 10.6. The molecule has 1 aliphatic heterocycles. The summed E-state index contributed by atoms with van der Waals surface area (Å²) in [7, 11) is 0. The number of rotatable bonds is 3. The largest absolute Gasteiger partial charge is 0.380 e. The molecule has 0 amide bonds. The highest BCUT2D eigenvalue weighted by atomic mass is 16.5. The molecule has 5 nitrogen and oxygen atoms in total. The lowest BCUT2D eigenvalue weighted by Gasteiger charge is -2.40. The Bertz CT molecular complexity index is 590. The first-order valence-electron chi connectivity index (χ1n) is 5.70. The standard InChI is InChI=1S/C12H15N3O2/c13-5-12(6-17-7-12)4-8-1-2-9-10(3-8)15-11(16)14-9/h1-3H,4-7,13H2,(H2,14,15,16). The monoisotopic (exact) mass is 233 g/mol. The first-order valence-corrected chi connectivity index (χ1v) is 5.70. The molecule has 1 aromatic heterocycles. The summed E-state index contributed by atoms with van der Waals surface area (Å²) < 4.78 is 5.25. The molecule has 1 aromatic carbocycles. The topological polar surface area (TPSA) is 83.9 Å². The predicted octanol–water partition coefficient (Wildman–Crippen LogP) is 0.374. The Labute approximate surface area is 98.0 Å². The van der Waals surface area contributed by atoms with Crippen molar-refractivity contribution in [3.05, 3.63) is 34.2 Å². The molecular weight excluding hydrogens is 218 g/mol. The molecule has 1 saturated heterocycles. The van der Waals surface area contributed by atoms with Crippen LogP contribution < -0.4 is 11.4 Å². The zero-order valence-electron chi connectivity index (χ0n) is 9.45. The van der Waals surface area contributed by atoms with Gasteiger partial charge in [-0.15, -0.1) is 0 Å². The average Bonchev–Trinajstić information content (AvgIpc) is 2.63. The van der Waals surface area contributed by atoms with E-state index in [0.717, 1.165) is 30.7 Å². The molecule has 0 atom stereocenters. The SMILES string of the molecule is NCC1(Cc2ccc3[nH]c(=O)[nH]c3c2)COC1. The number of aromatic amines is 2. The summed E-state index contributed by atoms with van der Waals surface area (Å²) in [6, 6.07) is 5.96. The molecule has 2 aromatic rings. The van der Waals surface area contributed by atoms with Gasteiger partial charge < -0.3 is 20.4 Å². The third-order valence-corrected chi connectivity index (χ3v) is 3.41. The number of nitrogens with two attached hydrogens (primary N) is 1. The molecule has 17 heavy (non-hydrogen) atoms. The lowest BCUT2D eigenvalue weighted by Crippen LogP contribution is -2.49. The molecule has 90 valence electrons. The first-order chi connectivity index (χ1) is 8.21. The van der Waals surface area contributed by atoms with E-state index in [9.17, 15) is 4.79 Å². The third kappa shape index (κ3) is 1.77. The van der Waals surface area contributed by atoms with Gasteiger partial charge in [0.25, 0.3) is 0 Å². The van der Waals surface area contributed by atoms with E-state index in [2.05, 4.69) is 9.97 Å². The normalized spacial score (nSPS) is 18.2. The van der Waals surface area contributed by atoms with E-state index in [1.54, 1.807) is 0 Å². The minimum Gasteiger partial charge on any atom is -0.380 e. The number of H-pyrrole nitrogens is 2. The number of ether oxygens (including phenoxy) is 1. The van der Waals surface area contributed by atoms with Crippen LogP contribution in [-0.4, -0.2) is 29.7 Å². The maximum absolute atomic E-state index is 11.2. The van der Waals surface area contributed by atoms with Crippen LogP contribution in [0, 0.1) is 5.41 Å². The van der Waals surface area contributed by atoms with Gasteiger partial charge >= 0.3 is 5.69 Å². The van der Waals surface area contributed by atoms with Crippen molar-refractivity contribution in [2.24, 2.45) is 11.1 Å². The quantitative estimate of drug-likeness (QED) is 0.716. The molecule has 0 aliphatic carbocycles. The molecule has 4 N–H and O–H groups in total. The summed E-state index contributed by atoms with van der Waals surface area (Å²) in [4.78, 5) is 16.7. The summed E-state index contributed by atoms with van der Waals surface area (Å²) in [5.41, 5.74) is 8.58. The number of hydrogen-bond acceptors (Lipinski definition) is 3. The van der Waals surface area contributed by atoms with Gasteiger partial charge in [-0.2, -0.15) is 0 Å². The summed E-state index contributed by atoms with van der Waals surface area (Å²) >= 11 is 0. The van der Waals surface area contributed by atoms with Crippen molar-refractivity contribution in [2.45, 2.75) is 6.42 Å². The maximum Gasteiger partial charge on any atom is 0.323 e. The summed E-state index contributed by atoms with van der Waals surface area (Å²) in [6.45, 7) is 2.09. The number of aromatic nitrogens is 2. The Kier molecular flexibility index (Phi) is 2.31. The van der Waals surface area contributed by atoms with E-state index in [4.69, 9.17) is 10.5 Å². The molecule has 1 fully saturated rings. The Morgan fingerprint density at radius 3 is 2.71 bits per heavy atom. The molecular formula is C12H15N3O2. The molecule has 0 unspecified atom stereocenters. The molecule has 0 radical (unpaired) electrons. The predicted molar refractivity (Wildman–Crippen MR) is 64.9 cm³/mol. The summed E-state index contributed by atoms with van der Waals surface area (Å²) in [5.74, 6) is 0. The van der Waals surface area contributed by atoms with Gasteiger partial charge in [0.1, 0.15) is 0 Å². The van der Waals surface area contributed by atoms with Crippen LogP contribution in [0.1, 0.15) is 5.56 Å². The molecule has 0 spiro atoms. The van der Waals surface area contributed by atoms with Crippen molar-refractivity contribution in [1.29, 1.82) is 0 Å². The highest BCUT2D eigenvalue weighted by molar-refractivity contribution is 5.75. The number of benzene rings is 1. The minimum atomic E-state index is -0.169. The van der Waals surface area contributed by atoms with Gasteiger partial charge in [0.05, 0.1) is 24.2 Å². The van der Waals surface area contributed by atoms with Crippen LogP contribution in [0.25, 0.3) is 11.0 Å².